The van der Waals surface area contributed by atoms with E-state index in [1.54, 1.807) is 31.4 Å². The van der Waals surface area contributed by atoms with Gasteiger partial charge in [-0.05, 0) is 61.3 Å². The van der Waals surface area contributed by atoms with Gasteiger partial charge in [0.1, 0.15) is 5.75 Å². The van der Waals surface area contributed by atoms with E-state index in [1.807, 2.05) is 24.3 Å². The van der Waals surface area contributed by atoms with Crippen molar-refractivity contribution >= 4 is 17.7 Å². The lowest BCUT2D eigenvalue weighted by Gasteiger charge is -2.21. The van der Waals surface area contributed by atoms with Crippen molar-refractivity contribution in [3.63, 3.8) is 0 Å². The smallest absolute Gasteiger partial charge is 0.411 e. The molecular formula is C26H37N3O4. The predicted octanol–water partition coefficient (Wildman–Crippen LogP) is 5.12. The second-order valence-corrected chi connectivity index (χ2v) is 7.93. The number of anilines is 1. The molecule has 0 heterocycles. The summed E-state index contributed by atoms with van der Waals surface area (Å²) in [5.41, 5.74) is 2.17. The molecule has 2 aromatic carbocycles. The lowest BCUT2D eigenvalue weighted by Crippen LogP contribution is -2.47. The zero-order chi connectivity index (χ0) is 23.9. The highest BCUT2D eigenvalue weighted by atomic mass is 16.5. The molecule has 2 aromatic rings. The fourth-order valence-electron chi connectivity index (χ4n) is 3.28. The fourth-order valence-corrected chi connectivity index (χ4v) is 3.28. The van der Waals surface area contributed by atoms with E-state index in [-0.39, 0.29) is 12.1 Å². The summed E-state index contributed by atoms with van der Waals surface area (Å²) in [5, 5.41) is 9.19. The summed E-state index contributed by atoms with van der Waals surface area (Å²) in [6.07, 6.45) is 4.99. The maximum absolute atomic E-state index is 12.8. The van der Waals surface area contributed by atoms with Gasteiger partial charge in [-0.2, -0.15) is 0 Å². The molecule has 0 bridgehead atoms. The van der Waals surface area contributed by atoms with Crippen LogP contribution in [0, 0.1) is 0 Å². The highest BCUT2D eigenvalue weighted by Crippen LogP contribution is 2.14. The lowest BCUT2D eigenvalue weighted by atomic mass is 10.1. The third kappa shape index (κ3) is 9.95. The Morgan fingerprint density at radius 1 is 0.970 bits per heavy atom. The molecule has 0 fully saturated rings. The number of hydrogen-bond acceptors (Lipinski definition) is 5. The van der Waals surface area contributed by atoms with E-state index < -0.39 is 6.09 Å². The van der Waals surface area contributed by atoms with Crippen molar-refractivity contribution in [2.75, 3.05) is 25.6 Å². The molecule has 0 spiro atoms. The maximum atomic E-state index is 12.8. The molecule has 3 N–H and O–H groups in total. The zero-order valence-corrected chi connectivity index (χ0v) is 20.0. The quantitative estimate of drug-likeness (QED) is 0.272. The number of unbranched alkanes of at least 4 members (excludes halogenated alkanes) is 3. The first-order chi connectivity index (χ1) is 16.0. The van der Waals surface area contributed by atoms with Crippen LogP contribution in [0.25, 0.3) is 0 Å². The number of carbonyl (C=O) groups excluding carboxylic acids is 2. The Balaban J connectivity index is 1.94. The highest BCUT2D eigenvalue weighted by Gasteiger charge is 2.15. The van der Waals surface area contributed by atoms with E-state index in [0.29, 0.717) is 24.3 Å². The molecular weight excluding hydrogens is 418 g/mol. The summed E-state index contributed by atoms with van der Waals surface area (Å²) in [5.74, 6) is 0.610. The maximum Gasteiger partial charge on any atom is 0.411 e. The summed E-state index contributed by atoms with van der Waals surface area (Å²) in [4.78, 5) is 24.7. The number of hydrogen-bond donors (Lipinski definition) is 3. The minimum atomic E-state index is -0.484. The zero-order valence-electron chi connectivity index (χ0n) is 20.0. The van der Waals surface area contributed by atoms with E-state index >= 15 is 0 Å². The largest absolute Gasteiger partial charge is 0.497 e. The van der Waals surface area contributed by atoms with Gasteiger partial charge >= 0.3 is 6.09 Å². The van der Waals surface area contributed by atoms with Crippen LogP contribution in [0.5, 0.6) is 5.75 Å². The minimum absolute atomic E-state index is 0.180. The molecule has 2 rings (SSSR count). The van der Waals surface area contributed by atoms with Gasteiger partial charge in [0, 0.05) is 17.7 Å². The van der Waals surface area contributed by atoms with Crippen LogP contribution in [-0.2, 0) is 11.2 Å². The lowest BCUT2D eigenvalue weighted by molar-refractivity contribution is 0.0929. The van der Waals surface area contributed by atoms with Crippen LogP contribution in [0.1, 0.15) is 61.9 Å². The van der Waals surface area contributed by atoms with Gasteiger partial charge < -0.3 is 14.8 Å². The molecule has 2 amide bonds. The van der Waals surface area contributed by atoms with E-state index in [1.165, 1.54) is 0 Å². The van der Waals surface area contributed by atoms with Gasteiger partial charge in [-0.3, -0.25) is 15.4 Å². The monoisotopic (exact) mass is 455 g/mol. The number of methoxy groups -OCH3 is 1. The van der Waals surface area contributed by atoms with Crippen molar-refractivity contribution in [2.24, 2.45) is 0 Å². The van der Waals surface area contributed by atoms with Crippen LogP contribution in [0.15, 0.2) is 48.5 Å². The Hall–Kier alpha value is -3.06. The number of carbonyl (C=O) groups is 2. The molecule has 0 aromatic heterocycles. The molecule has 0 saturated heterocycles. The van der Waals surface area contributed by atoms with Crippen LogP contribution >= 0.6 is 0 Å². The Bertz CT molecular complexity index is 855. The topological polar surface area (TPSA) is 88.7 Å². The fraction of sp³-hybridized carbons (Fsp3) is 0.462. The molecule has 0 aliphatic carbocycles. The first kappa shape index (κ1) is 26.2. The number of amides is 2. The van der Waals surface area contributed by atoms with Crippen molar-refractivity contribution in [3.8, 4) is 5.75 Å². The second-order valence-electron chi connectivity index (χ2n) is 7.93. The first-order valence-corrected chi connectivity index (χ1v) is 11.8. The summed E-state index contributed by atoms with van der Waals surface area (Å²) >= 11 is 0. The van der Waals surface area contributed by atoms with Gasteiger partial charge in [-0.1, -0.05) is 45.2 Å². The van der Waals surface area contributed by atoms with Gasteiger partial charge in [0.15, 0.2) is 0 Å². The third-order valence-corrected chi connectivity index (χ3v) is 5.17. The minimum Gasteiger partial charge on any atom is -0.497 e. The number of benzene rings is 2. The van der Waals surface area contributed by atoms with Gasteiger partial charge in [0.05, 0.1) is 19.9 Å². The van der Waals surface area contributed by atoms with Gasteiger partial charge in [-0.15, -0.1) is 0 Å². The summed E-state index contributed by atoms with van der Waals surface area (Å²) < 4.78 is 10.5. The molecule has 33 heavy (non-hydrogen) atoms. The molecule has 0 radical (unpaired) electrons. The first-order valence-electron chi connectivity index (χ1n) is 11.8. The average molecular weight is 456 g/mol. The Labute approximate surface area is 197 Å². The van der Waals surface area contributed by atoms with Crippen LogP contribution in [-0.4, -0.2) is 38.4 Å². The molecule has 1 atom stereocenters. The molecule has 180 valence electrons. The second kappa shape index (κ2) is 14.9. The molecule has 0 saturated carbocycles. The van der Waals surface area contributed by atoms with Crippen LogP contribution in [0.4, 0.5) is 10.5 Å². The molecule has 0 unspecified atom stereocenters. The van der Waals surface area contributed by atoms with Crippen molar-refractivity contribution in [1.82, 2.24) is 10.6 Å². The third-order valence-electron chi connectivity index (χ3n) is 5.17. The normalized spacial score (nSPS) is 11.5. The van der Waals surface area contributed by atoms with Crippen molar-refractivity contribution in [2.45, 2.75) is 58.5 Å². The van der Waals surface area contributed by atoms with Gasteiger partial charge in [0.2, 0.25) is 0 Å². The van der Waals surface area contributed by atoms with Crippen LogP contribution < -0.4 is 20.7 Å². The van der Waals surface area contributed by atoms with Gasteiger partial charge in [-0.25, -0.2) is 4.79 Å². The summed E-state index contributed by atoms with van der Waals surface area (Å²) in [6, 6.07) is 14.6. The highest BCUT2D eigenvalue weighted by molar-refractivity contribution is 5.95. The average Bonchev–Trinajstić information content (AvgIpc) is 2.82. The molecule has 0 aliphatic heterocycles. The summed E-state index contributed by atoms with van der Waals surface area (Å²) in [7, 11) is 1.64. The van der Waals surface area contributed by atoms with Crippen molar-refractivity contribution in [3.05, 3.63) is 59.7 Å². The van der Waals surface area contributed by atoms with Crippen molar-refractivity contribution < 1.29 is 19.1 Å². The summed E-state index contributed by atoms with van der Waals surface area (Å²) in [6.45, 7) is 5.45. The Kier molecular flexibility index (Phi) is 11.8. The number of rotatable bonds is 14. The SMILES string of the molecule is CCCCCOC(=O)Nc1ccc(C(=O)N[C@H](Cc2cccc(OC)c2)NCCCC)cc1. The van der Waals surface area contributed by atoms with Crippen molar-refractivity contribution in [1.29, 1.82) is 0 Å². The molecule has 0 aliphatic rings. The molecule has 7 nitrogen and oxygen atoms in total. The standard InChI is InChI=1S/C26H37N3O4/c1-4-6-8-17-33-26(31)28-22-14-12-21(13-15-22)25(30)29-24(27-16-7-5-2)19-20-10-9-11-23(18-20)32-3/h9-15,18,24,27H,4-8,16-17,19H2,1-3H3,(H,28,31)(H,29,30)/t24-/m1/s1. The van der Waals surface area contributed by atoms with E-state index in [4.69, 9.17) is 9.47 Å². The van der Waals surface area contributed by atoms with Crippen LogP contribution in [0.3, 0.4) is 0 Å². The number of ether oxygens (including phenoxy) is 2. The van der Waals surface area contributed by atoms with E-state index in [9.17, 15) is 9.59 Å². The predicted molar refractivity (Wildman–Crippen MR) is 132 cm³/mol. The van der Waals surface area contributed by atoms with Crippen LogP contribution in [0.2, 0.25) is 0 Å². The van der Waals surface area contributed by atoms with E-state index in [0.717, 1.165) is 50.0 Å². The van der Waals surface area contributed by atoms with Gasteiger partial charge in [0.25, 0.3) is 5.91 Å². The Morgan fingerprint density at radius 3 is 2.42 bits per heavy atom. The number of nitrogens with one attached hydrogen (secondary N) is 3. The molecule has 7 heteroatoms. The Morgan fingerprint density at radius 2 is 1.73 bits per heavy atom. The van der Waals surface area contributed by atoms with E-state index in [2.05, 4.69) is 29.8 Å².